The third-order valence-electron chi connectivity index (χ3n) is 3.30. The van der Waals surface area contributed by atoms with Crippen LogP contribution in [0.1, 0.15) is 18.4 Å². The van der Waals surface area contributed by atoms with Crippen LogP contribution >= 0.6 is 0 Å². The molecule has 3 rings (SSSR count). The molecule has 0 N–H and O–H groups in total. The van der Waals surface area contributed by atoms with Crippen LogP contribution in [-0.2, 0) is 9.59 Å². The molecule has 0 unspecified atom stereocenters. The Balaban J connectivity index is 0.000000704. The number of likely N-dealkylation sites (tertiary alicyclic amines) is 1. The fourth-order valence-corrected chi connectivity index (χ4v) is 2.30. The van der Waals surface area contributed by atoms with E-state index in [4.69, 9.17) is 14.3 Å². The van der Waals surface area contributed by atoms with Gasteiger partial charge in [-0.05, 0) is 36.6 Å². The highest BCUT2D eigenvalue weighted by atomic mass is 16.7. The molecule has 106 valence electrons. The summed E-state index contributed by atoms with van der Waals surface area (Å²) in [5.41, 5.74) is 1.85. The van der Waals surface area contributed by atoms with Gasteiger partial charge in [0.2, 0.25) is 12.7 Å². The summed E-state index contributed by atoms with van der Waals surface area (Å²) < 4.78 is 10.6. The number of amides is 1. The Morgan fingerprint density at radius 1 is 1.25 bits per heavy atom. The predicted octanol–water partition coefficient (Wildman–Crippen LogP) is 1.87. The Labute approximate surface area is 117 Å². The van der Waals surface area contributed by atoms with Crippen LogP contribution < -0.4 is 9.47 Å². The lowest BCUT2D eigenvalue weighted by Gasteiger charge is -2.24. The van der Waals surface area contributed by atoms with Crippen LogP contribution in [0.3, 0.4) is 0 Å². The summed E-state index contributed by atoms with van der Waals surface area (Å²) in [4.78, 5) is 21.7. The Bertz CT molecular complexity index is 539. The molecule has 0 saturated carbocycles. The number of hydrogen-bond acceptors (Lipinski definition) is 4. The van der Waals surface area contributed by atoms with Gasteiger partial charge in [-0.1, -0.05) is 6.07 Å². The summed E-state index contributed by atoms with van der Waals surface area (Å²) in [6.07, 6.45) is 3.82. The van der Waals surface area contributed by atoms with Gasteiger partial charge in [-0.3, -0.25) is 4.79 Å². The lowest BCUT2D eigenvalue weighted by molar-refractivity contribution is -0.127. The van der Waals surface area contributed by atoms with Gasteiger partial charge in [-0.15, -0.1) is 0 Å². The van der Waals surface area contributed by atoms with Crippen molar-refractivity contribution in [2.75, 3.05) is 20.4 Å². The maximum atomic E-state index is 12.0. The maximum Gasteiger partial charge on any atom is 0.249 e. The molecule has 1 saturated heterocycles. The van der Waals surface area contributed by atoms with E-state index >= 15 is 0 Å². The summed E-state index contributed by atoms with van der Waals surface area (Å²) >= 11 is 0. The topological polar surface area (TPSA) is 55.8 Å². The average Bonchev–Trinajstić information content (AvgIpc) is 2.94. The van der Waals surface area contributed by atoms with E-state index in [0.717, 1.165) is 42.0 Å². The smallest absolute Gasteiger partial charge is 0.249 e. The molecular weight excluding hydrogens is 258 g/mol. The van der Waals surface area contributed by atoms with E-state index in [-0.39, 0.29) is 12.7 Å². The number of piperidine rings is 1. The van der Waals surface area contributed by atoms with E-state index in [1.165, 1.54) is 0 Å². The van der Waals surface area contributed by atoms with Gasteiger partial charge in [0.05, 0.1) is 0 Å². The van der Waals surface area contributed by atoms with Gasteiger partial charge >= 0.3 is 0 Å². The fourth-order valence-electron chi connectivity index (χ4n) is 2.30. The van der Waals surface area contributed by atoms with Crippen molar-refractivity contribution in [3.8, 4) is 11.5 Å². The third kappa shape index (κ3) is 2.82. The standard InChI is InChI=1S/C14H15NO3.CH2O/c1-15-6-2-3-11(14(15)16)7-10-4-5-12-13(8-10)18-9-17-12;1-2/h4-5,7-8H,2-3,6,9H2,1H3;1H2/b11-7+;. The van der Waals surface area contributed by atoms with Gasteiger partial charge in [-0.25, -0.2) is 0 Å². The number of carbonyl (C=O) groups excluding carboxylic acids is 2. The minimum absolute atomic E-state index is 0.124. The molecule has 1 fully saturated rings. The molecule has 0 spiro atoms. The van der Waals surface area contributed by atoms with Crippen molar-refractivity contribution in [2.45, 2.75) is 12.8 Å². The summed E-state index contributed by atoms with van der Waals surface area (Å²) in [6, 6.07) is 5.74. The Hall–Kier alpha value is -2.30. The zero-order valence-electron chi connectivity index (χ0n) is 11.4. The number of carbonyl (C=O) groups is 2. The molecule has 2 aliphatic heterocycles. The highest BCUT2D eigenvalue weighted by Crippen LogP contribution is 2.33. The predicted molar refractivity (Wildman–Crippen MR) is 74.5 cm³/mol. The van der Waals surface area contributed by atoms with E-state index < -0.39 is 0 Å². The van der Waals surface area contributed by atoms with Crippen molar-refractivity contribution in [1.82, 2.24) is 4.90 Å². The van der Waals surface area contributed by atoms with E-state index in [1.807, 2.05) is 38.1 Å². The summed E-state index contributed by atoms with van der Waals surface area (Å²) in [5.74, 6) is 1.64. The molecule has 5 heteroatoms. The zero-order chi connectivity index (χ0) is 14.5. The van der Waals surface area contributed by atoms with E-state index in [1.54, 1.807) is 4.90 Å². The molecule has 1 aromatic carbocycles. The second-order valence-electron chi connectivity index (χ2n) is 4.61. The van der Waals surface area contributed by atoms with Crippen LogP contribution in [0.4, 0.5) is 0 Å². The molecule has 2 heterocycles. The summed E-state index contributed by atoms with van der Waals surface area (Å²) in [5, 5.41) is 0. The summed E-state index contributed by atoms with van der Waals surface area (Å²) in [6.45, 7) is 3.12. The van der Waals surface area contributed by atoms with Gasteiger partial charge in [0.1, 0.15) is 6.79 Å². The molecule has 0 aliphatic carbocycles. The molecule has 0 atom stereocenters. The normalized spacial score (nSPS) is 18.8. The molecule has 20 heavy (non-hydrogen) atoms. The molecule has 0 radical (unpaired) electrons. The van der Waals surface area contributed by atoms with Crippen LogP contribution in [-0.4, -0.2) is 38.0 Å². The minimum Gasteiger partial charge on any atom is -0.454 e. The minimum atomic E-state index is 0.124. The van der Waals surface area contributed by atoms with Crippen molar-refractivity contribution in [1.29, 1.82) is 0 Å². The number of rotatable bonds is 1. The number of hydrogen-bond donors (Lipinski definition) is 0. The quantitative estimate of drug-likeness (QED) is 0.734. The zero-order valence-corrected chi connectivity index (χ0v) is 11.4. The molecular formula is C15H17NO4. The third-order valence-corrected chi connectivity index (χ3v) is 3.30. The highest BCUT2D eigenvalue weighted by Gasteiger charge is 2.20. The monoisotopic (exact) mass is 275 g/mol. The highest BCUT2D eigenvalue weighted by molar-refractivity contribution is 5.98. The number of benzene rings is 1. The van der Waals surface area contributed by atoms with Gasteiger partial charge < -0.3 is 19.2 Å². The van der Waals surface area contributed by atoms with Crippen molar-refractivity contribution >= 4 is 18.8 Å². The van der Waals surface area contributed by atoms with Crippen LogP contribution in [0.25, 0.3) is 6.08 Å². The number of fused-ring (bicyclic) bond motifs is 1. The Morgan fingerprint density at radius 2 is 2.00 bits per heavy atom. The fraction of sp³-hybridized carbons (Fsp3) is 0.333. The first kappa shape index (κ1) is 14.1. The number of ether oxygens (including phenoxy) is 2. The lowest BCUT2D eigenvalue weighted by Crippen LogP contribution is -2.33. The van der Waals surface area contributed by atoms with E-state index in [0.29, 0.717) is 0 Å². The second kappa shape index (κ2) is 6.23. The van der Waals surface area contributed by atoms with Gasteiger partial charge in [0, 0.05) is 19.2 Å². The molecule has 5 nitrogen and oxygen atoms in total. The summed E-state index contributed by atoms with van der Waals surface area (Å²) in [7, 11) is 1.84. The molecule has 2 aliphatic rings. The van der Waals surface area contributed by atoms with Crippen molar-refractivity contribution in [2.24, 2.45) is 0 Å². The van der Waals surface area contributed by atoms with E-state index in [2.05, 4.69) is 0 Å². The van der Waals surface area contributed by atoms with Crippen LogP contribution in [0.2, 0.25) is 0 Å². The van der Waals surface area contributed by atoms with Crippen molar-refractivity contribution < 1.29 is 19.1 Å². The van der Waals surface area contributed by atoms with Crippen molar-refractivity contribution in [3.05, 3.63) is 29.3 Å². The van der Waals surface area contributed by atoms with Gasteiger partial charge in [0.15, 0.2) is 11.5 Å². The first-order chi connectivity index (χ1) is 9.74. The van der Waals surface area contributed by atoms with Crippen LogP contribution in [0.5, 0.6) is 11.5 Å². The van der Waals surface area contributed by atoms with Crippen LogP contribution in [0, 0.1) is 0 Å². The maximum absolute atomic E-state index is 12.0. The first-order valence-electron chi connectivity index (χ1n) is 6.38. The largest absolute Gasteiger partial charge is 0.454 e. The van der Waals surface area contributed by atoms with Gasteiger partial charge in [0.25, 0.3) is 0 Å². The van der Waals surface area contributed by atoms with Crippen molar-refractivity contribution in [3.63, 3.8) is 0 Å². The first-order valence-corrected chi connectivity index (χ1v) is 6.38. The Morgan fingerprint density at radius 3 is 2.80 bits per heavy atom. The number of nitrogens with zero attached hydrogens (tertiary/aromatic N) is 1. The SMILES string of the molecule is C=O.CN1CCC/C(=C\c2ccc3c(c2)OCO3)C1=O. The molecule has 1 aromatic rings. The molecule has 1 amide bonds. The van der Waals surface area contributed by atoms with Crippen LogP contribution in [0.15, 0.2) is 23.8 Å². The van der Waals surface area contributed by atoms with Gasteiger partial charge in [-0.2, -0.15) is 0 Å². The molecule has 0 bridgehead atoms. The lowest BCUT2D eigenvalue weighted by atomic mass is 10.0. The van der Waals surface area contributed by atoms with E-state index in [9.17, 15) is 4.79 Å². The molecule has 0 aromatic heterocycles. The Kier molecular flexibility index (Phi) is 4.40. The average molecular weight is 275 g/mol. The number of likely N-dealkylation sites (N-methyl/N-ethyl adjacent to an activating group) is 1. The second-order valence-corrected chi connectivity index (χ2v) is 4.61.